The monoisotopic (exact) mass is 424 g/mol. The molecule has 0 bridgehead atoms. The van der Waals surface area contributed by atoms with Gasteiger partial charge in [-0.05, 0) is 61.6 Å². The highest BCUT2D eigenvalue weighted by molar-refractivity contribution is 8.03. The van der Waals surface area contributed by atoms with Crippen LogP contribution in [0.25, 0.3) is 0 Å². The first kappa shape index (κ1) is 21.3. The van der Waals surface area contributed by atoms with E-state index in [1.807, 2.05) is 19.1 Å². The Morgan fingerprint density at radius 1 is 1.17 bits per heavy atom. The molecule has 4 rings (SSSR count). The summed E-state index contributed by atoms with van der Waals surface area (Å²) in [7, 11) is 0. The molecule has 0 radical (unpaired) electrons. The lowest BCUT2D eigenvalue weighted by molar-refractivity contribution is -0.124. The van der Waals surface area contributed by atoms with Gasteiger partial charge >= 0.3 is 0 Å². The Labute approximate surface area is 184 Å². The minimum atomic E-state index is -0.844. The smallest absolute Gasteiger partial charge is 0.223 e. The van der Waals surface area contributed by atoms with Crippen molar-refractivity contribution in [3.8, 4) is 11.8 Å². The van der Waals surface area contributed by atoms with Gasteiger partial charge in [-0.2, -0.15) is 0 Å². The number of hydrogen-bond donors (Lipinski definition) is 2. The lowest BCUT2D eigenvalue weighted by Gasteiger charge is -2.45. The van der Waals surface area contributed by atoms with Crippen molar-refractivity contribution in [2.75, 3.05) is 0 Å². The molecule has 30 heavy (non-hydrogen) atoms. The third-order valence-corrected chi connectivity index (χ3v) is 8.42. The van der Waals surface area contributed by atoms with Gasteiger partial charge in [-0.1, -0.05) is 61.9 Å². The maximum atomic E-state index is 12.3. The fourth-order valence-electron chi connectivity index (χ4n) is 5.17. The average Bonchev–Trinajstić information content (AvgIpc) is 3.43. The zero-order valence-electron chi connectivity index (χ0n) is 17.8. The minimum Gasteiger partial charge on any atom is -0.378 e. The highest BCUT2D eigenvalue weighted by Gasteiger charge is 2.50. The molecule has 160 valence electrons. The van der Waals surface area contributed by atoms with Crippen molar-refractivity contribution in [3.63, 3.8) is 0 Å². The van der Waals surface area contributed by atoms with Crippen LogP contribution in [0.3, 0.4) is 0 Å². The van der Waals surface area contributed by atoms with Gasteiger partial charge in [0.05, 0.1) is 5.92 Å². The normalized spacial score (nSPS) is 26.9. The van der Waals surface area contributed by atoms with Gasteiger partial charge in [0.1, 0.15) is 10.5 Å². The summed E-state index contributed by atoms with van der Waals surface area (Å²) >= 11 is 1.68. The standard InChI is InChI=1S/C25H32N2O2S/c1-19(23(26)28)25(27(17-18-30-25)22-7-3-4-8-22)21-11-9-20(10-12-21)13-16-24(29)14-5-2-6-15-24/h9-12,17-19,22,29H,2-8,14-15H2,1H3,(H2,26,28). The van der Waals surface area contributed by atoms with E-state index in [1.54, 1.807) is 11.8 Å². The van der Waals surface area contributed by atoms with Crippen LogP contribution in [-0.2, 0) is 9.67 Å². The van der Waals surface area contributed by atoms with Crippen LogP contribution in [-0.4, -0.2) is 27.6 Å². The molecule has 2 atom stereocenters. The number of benzene rings is 1. The Kier molecular flexibility index (Phi) is 6.18. The van der Waals surface area contributed by atoms with Gasteiger partial charge in [-0.25, -0.2) is 0 Å². The molecule has 0 saturated heterocycles. The topological polar surface area (TPSA) is 66.6 Å². The highest BCUT2D eigenvalue weighted by atomic mass is 32.2. The van der Waals surface area contributed by atoms with Gasteiger partial charge in [0, 0.05) is 17.8 Å². The quantitative estimate of drug-likeness (QED) is 0.700. The van der Waals surface area contributed by atoms with E-state index in [4.69, 9.17) is 5.73 Å². The van der Waals surface area contributed by atoms with Crippen molar-refractivity contribution in [2.24, 2.45) is 11.7 Å². The van der Waals surface area contributed by atoms with E-state index >= 15 is 0 Å². The number of rotatable bonds is 4. The molecular formula is C25H32N2O2S. The summed E-state index contributed by atoms with van der Waals surface area (Å²) in [5, 5.41) is 12.7. The van der Waals surface area contributed by atoms with Crippen LogP contribution in [0.5, 0.6) is 0 Å². The molecule has 2 aliphatic carbocycles. The Morgan fingerprint density at radius 3 is 2.47 bits per heavy atom. The van der Waals surface area contributed by atoms with Crippen molar-refractivity contribution in [1.29, 1.82) is 0 Å². The number of primary amides is 1. The molecule has 1 aromatic rings. The van der Waals surface area contributed by atoms with Crippen LogP contribution < -0.4 is 5.73 Å². The first-order valence-electron chi connectivity index (χ1n) is 11.2. The van der Waals surface area contributed by atoms with Crippen molar-refractivity contribution in [1.82, 2.24) is 4.90 Å². The summed E-state index contributed by atoms with van der Waals surface area (Å²) < 4.78 is 0. The number of thioether (sulfide) groups is 1. The molecular weight excluding hydrogens is 392 g/mol. The van der Waals surface area contributed by atoms with E-state index in [-0.39, 0.29) is 11.8 Å². The van der Waals surface area contributed by atoms with Crippen LogP contribution in [0.15, 0.2) is 35.9 Å². The second kappa shape index (κ2) is 8.69. The molecule has 0 spiro atoms. The number of nitrogens with two attached hydrogens (primary N) is 1. The molecule has 1 amide bonds. The zero-order chi connectivity index (χ0) is 21.2. The summed E-state index contributed by atoms with van der Waals surface area (Å²) in [5.41, 5.74) is 6.95. The largest absolute Gasteiger partial charge is 0.378 e. The number of amides is 1. The maximum Gasteiger partial charge on any atom is 0.223 e. The number of hydrogen-bond acceptors (Lipinski definition) is 4. The molecule has 4 nitrogen and oxygen atoms in total. The molecule has 2 fully saturated rings. The third-order valence-electron chi connectivity index (χ3n) is 7.00. The highest BCUT2D eigenvalue weighted by Crippen LogP contribution is 2.53. The van der Waals surface area contributed by atoms with Gasteiger partial charge in [0.15, 0.2) is 0 Å². The number of aliphatic hydroxyl groups is 1. The number of carbonyl (C=O) groups is 1. The molecule has 2 saturated carbocycles. The van der Waals surface area contributed by atoms with E-state index in [0.29, 0.717) is 6.04 Å². The summed E-state index contributed by atoms with van der Waals surface area (Å²) in [5.74, 6) is 5.67. The first-order valence-corrected chi connectivity index (χ1v) is 12.1. The van der Waals surface area contributed by atoms with Crippen LogP contribution in [0.2, 0.25) is 0 Å². The van der Waals surface area contributed by atoms with Crippen LogP contribution in [0.4, 0.5) is 0 Å². The third kappa shape index (κ3) is 4.00. The second-order valence-corrected chi connectivity index (χ2v) is 10.1. The van der Waals surface area contributed by atoms with E-state index in [1.165, 1.54) is 19.3 Å². The van der Waals surface area contributed by atoms with Crippen LogP contribution in [0.1, 0.15) is 75.8 Å². The number of nitrogens with zero attached hydrogens (tertiary/aromatic N) is 1. The molecule has 3 aliphatic rings. The van der Waals surface area contributed by atoms with Crippen molar-refractivity contribution >= 4 is 17.7 Å². The summed E-state index contributed by atoms with van der Waals surface area (Å²) in [4.78, 5) is 14.2. The molecule has 0 aromatic heterocycles. The SMILES string of the molecule is CC(C(N)=O)C1(c2ccc(C#CC3(O)CCCCC3)cc2)SC=CN1C1CCCC1. The average molecular weight is 425 g/mol. The van der Waals surface area contributed by atoms with Gasteiger partial charge in [0.25, 0.3) is 0 Å². The molecule has 2 unspecified atom stereocenters. The van der Waals surface area contributed by atoms with E-state index < -0.39 is 10.5 Å². The van der Waals surface area contributed by atoms with Gasteiger partial charge in [-0.3, -0.25) is 4.79 Å². The summed E-state index contributed by atoms with van der Waals surface area (Å²) in [6.07, 6.45) is 11.7. The van der Waals surface area contributed by atoms with Gasteiger partial charge in [-0.15, -0.1) is 0 Å². The van der Waals surface area contributed by atoms with Gasteiger partial charge in [0.2, 0.25) is 5.91 Å². The Hall–Kier alpha value is -1.90. The first-order chi connectivity index (χ1) is 14.4. The Morgan fingerprint density at radius 2 is 1.83 bits per heavy atom. The summed E-state index contributed by atoms with van der Waals surface area (Å²) in [6, 6.07) is 8.62. The molecule has 5 heteroatoms. The fraction of sp³-hybridized carbons (Fsp3) is 0.560. The fourth-order valence-corrected chi connectivity index (χ4v) is 6.50. The van der Waals surface area contributed by atoms with Crippen molar-refractivity contribution in [3.05, 3.63) is 47.0 Å². The van der Waals surface area contributed by atoms with Crippen LogP contribution in [0, 0.1) is 17.8 Å². The van der Waals surface area contributed by atoms with Crippen molar-refractivity contribution < 1.29 is 9.90 Å². The second-order valence-electron chi connectivity index (χ2n) is 8.99. The maximum absolute atomic E-state index is 12.3. The molecule has 3 N–H and O–H groups in total. The minimum absolute atomic E-state index is 0.280. The van der Waals surface area contributed by atoms with E-state index in [0.717, 1.165) is 49.7 Å². The lowest BCUT2D eigenvalue weighted by atomic mass is 9.85. The zero-order valence-corrected chi connectivity index (χ0v) is 18.6. The predicted octanol–water partition coefficient (Wildman–Crippen LogP) is 4.47. The molecule has 1 aliphatic heterocycles. The molecule has 1 aromatic carbocycles. The molecule has 1 heterocycles. The Balaban J connectivity index is 1.63. The van der Waals surface area contributed by atoms with Crippen LogP contribution >= 0.6 is 11.8 Å². The predicted molar refractivity (Wildman–Crippen MR) is 122 cm³/mol. The lowest BCUT2D eigenvalue weighted by Crippen LogP contribution is -2.51. The van der Waals surface area contributed by atoms with Crippen molar-refractivity contribution in [2.45, 2.75) is 81.2 Å². The summed E-state index contributed by atoms with van der Waals surface area (Å²) in [6.45, 7) is 1.94. The number of carbonyl (C=O) groups excluding carboxylic acids is 1. The van der Waals surface area contributed by atoms with Gasteiger partial charge < -0.3 is 15.7 Å². The Bertz CT molecular complexity index is 857. The van der Waals surface area contributed by atoms with E-state index in [9.17, 15) is 9.90 Å². The van der Waals surface area contributed by atoms with E-state index in [2.05, 4.69) is 40.5 Å².